The van der Waals surface area contributed by atoms with E-state index in [1.807, 2.05) is 12.2 Å². The summed E-state index contributed by atoms with van der Waals surface area (Å²) in [6, 6.07) is 0. The van der Waals surface area contributed by atoms with Crippen molar-refractivity contribution in [1.29, 1.82) is 0 Å². The number of carbonyl (C=O) groups is 2. The van der Waals surface area contributed by atoms with Crippen LogP contribution in [-0.4, -0.2) is 17.4 Å². The van der Waals surface area contributed by atoms with Gasteiger partial charge in [-0.2, -0.15) is 0 Å². The highest BCUT2D eigenvalue weighted by Gasteiger charge is 2.48. The van der Waals surface area contributed by atoms with Crippen LogP contribution in [0.5, 0.6) is 0 Å². The van der Waals surface area contributed by atoms with Gasteiger partial charge in [-0.3, -0.25) is 9.59 Å². The van der Waals surface area contributed by atoms with Gasteiger partial charge in [-0.15, -0.1) is 0 Å². The molecule has 3 unspecified atom stereocenters. The molecule has 110 valence electrons. The van der Waals surface area contributed by atoms with Crippen molar-refractivity contribution in [1.82, 2.24) is 0 Å². The lowest BCUT2D eigenvalue weighted by Crippen LogP contribution is -2.36. The predicted molar refractivity (Wildman–Crippen MR) is 76.1 cm³/mol. The molecule has 20 heavy (non-hydrogen) atoms. The average Bonchev–Trinajstić information content (AvgIpc) is 2.90. The van der Waals surface area contributed by atoms with Crippen molar-refractivity contribution < 1.29 is 14.3 Å². The van der Waals surface area contributed by atoms with Gasteiger partial charge in [0.1, 0.15) is 11.4 Å². The molecule has 0 spiro atoms. The molecule has 0 aromatic carbocycles. The number of ether oxygens (including phenoxy) is 1. The molecule has 0 saturated heterocycles. The Balaban J connectivity index is 1.63. The highest BCUT2D eigenvalue weighted by molar-refractivity contribution is 5.96. The lowest BCUT2D eigenvalue weighted by atomic mass is 9.87. The number of rotatable bonds is 2. The largest absolute Gasteiger partial charge is 0.459 e. The molecule has 0 N–H and O–H groups in total. The third-order valence-electron chi connectivity index (χ3n) is 5.25. The molecule has 2 bridgehead atoms. The zero-order valence-electron chi connectivity index (χ0n) is 12.3. The second-order valence-corrected chi connectivity index (χ2v) is 6.90. The zero-order valence-corrected chi connectivity index (χ0v) is 12.3. The summed E-state index contributed by atoms with van der Waals surface area (Å²) in [5, 5.41) is 0. The maximum atomic E-state index is 12.4. The molecule has 0 amide bonds. The van der Waals surface area contributed by atoms with E-state index >= 15 is 0 Å². The van der Waals surface area contributed by atoms with E-state index in [0.717, 1.165) is 25.7 Å². The van der Waals surface area contributed by atoms with Crippen LogP contribution >= 0.6 is 0 Å². The first-order valence-electron chi connectivity index (χ1n) is 8.04. The third-order valence-corrected chi connectivity index (χ3v) is 5.25. The van der Waals surface area contributed by atoms with Gasteiger partial charge >= 0.3 is 5.97 Å². The fourth-order valence-electron chi connectivity index (χ4n) is 3.95. The second-order valence-electron chi connectivity index (χ2n) is 6.90. The van der Waals surface area contributed by atoms with Crippen LogP contribution in [0.3, 0.4) is 0 Å². The second kappa shape index (κ2) is 5.34. The van der Waals surface area contributed by atoms with Crippen LogP contribution in [0.2, 0.25) is 0 Å². The van der Waals surface area contributed by atoms with E-state index in [-0.39, 0.29) is 35.1 Å². The van der Waals surface area contributed by atoms with Gasteiger partial charge in [0.25, 0.3) is 0 Å². The number of allylic oxidation sites excluding steroid dienone is 2. The maximum Gasteiger partial charge on any atom is 0.310 e. The Hall–Kier alpha value is -1.12. The van der Waals surface area contributed by atoms with Crippen LogP contribution in [0, 0.1) is 17.8 Å². The van der Waals surface area contributed by atoms with Crippen LogP contribution in [0.1, 0.15) is 58.3 Å². The molecule has 0 aliphatic heterocycles. The summed E-state index contributed by atoms with van der Waals surface area (Å²) >= 11 is 0. The molecule has 0 heterocycles. The average molecular weight is 276 g/mol. The minimum atomic E-state index is -0.313. The van der Waals surface area contributed by atoms with E-state index in [4.69, 9.17) is 4.74 Å². The van der Waals surface area contributed by atoms with Crippen molar-refractivity contribution in [3.05, 3.63) is 12.2 Å². The van der Waals surface area contributed by atoms with Gasteiger partial charge in [-0.05, 0) is 39.0 Å². The Labute approximate surface area is 120 Å². The molecule has 2 saturated carbocycles. The smallest absolute Gasteiger partial charge is 0.310 e. The van der Waals surface area contributed by atoms with Gasteiger partial charge < -0.3 is 4.74 Å². The van der Waals surface area contributed by atoms with E-state index < -0.39 is 0 Å². The van der Waals surface area contributed by atoms with Crippen molar-refractivity contribution in [3.8, 4) is 0 Å². The van der Waals surface area contributed by atoms with Crippen LogP contribution < -0.4 is 0 Å². The molecular weight excluding hydrogens is 252 g/mol. The van der Waals surface area contributed by atoms with Gasteiger partial charge in [-0.1, -0.05) is 31.4 Å². The Bertz CT molecular complexity index is 430. The van der Waals surface area contributed by atoms with Gasteiger partial charge in [0.15, 0.2) is 0 Å². The van der Waals surface area contributed by atoms with Crippen LogP contribution in [-0.2, 0) is 14.3 Å². The fraction of sp³-hybridized carbons (Fsp3) is 0.765. The summed E-state index contributed by atoms with van der Waals surface area (Å²) in [5.41, 5.74) is -0.313. The van der Waals surface area contributed by atoms with Crippen molar-refractivity contribution >= 4 is 11.8 Å². The van der Waals surface area contributed by atoms with E-state index in [0.29, 0.717) is 6.42 Å². The molecular formula is C17H24O3. The standard InChI is InChI=1S/C17H24O3/c1-17(9-5-3-2-4-6-10-17)20-16(19)14-11-12-7-8-13(14)15(12)18/h7-8,12-14H,2-6,9-11H2,1H3. The number of fused-ring (bicyclic) bond motifs is 2. The van der Waals surface area contributed by atoms with E-state index in [1.54, 1.807) is 0 Å². The van der Waals surface area contributed by atoms with Crippen LogP contribution in [0.4, 0.5) is 0 Å². The molecule has 3 aliphatic carbocycles. The van der Waals surface area contributed by atoms with E-state index in [9.17, 15) is 9.59 Å². The van der Waals surface area contributed by atoms with Crippen molar-refractivity contribution in [2.75, 3.05) is 0 Å². The van der Waals surface area contributed by atoms with Crippen molar-refractivity contribution in [3.63, 3.8) is 0 Å². The zero-order chi connectivity index (χ0) is 14.2. The van der Waals surface area contributed by atoms with E-state index in [1.165, 1.54) is 19.3 Å². The monoisotopic (exact) mass is 276 g/mol. The number of hydrogen-bond donors (Lipinski definition) is 0. The SMILES string of the molecule is CC1(OC(=O)C2CC3C=CC2C3=O)CCCCCCC1. The van der Waals surface area contributed by atoms with Crippen molar-refractivity contribution in [2.24, 2.45) is 17.8 Å². The highest BCUT2D eigenvalue weighted by Crippen LogP contribution is 2.42. The number of carbonyl (C=O) groups excluding carboxylic acids is 2. The molecule has 3 heteroatoms. The van der Waals surface area contributed by atoms with Crippen LogP contribution in [0.15, 0.2) is 12.2 Å². The molecule has 0 aromatic heterocycles. The minimum Gasteiger partial charge on any atom is -0.459 e. The minimum absolute atomic E-state index is 0.0253. The number of hydrogen-bond acceptors (Lipinski definition) is 3. The first-order chi connectivity index (χ1) is 9.59. The van der Waals surface area contributed by atoms with Crippen LogP contribution in [0.25, 0.3) is 0 Å². The molecule has 2 fully saturated rings. The maximum absolute atomic E-state index is 12.4. The number of ketones is 1. The number of esters is 1. The van der Waals surface area contributed by atoms with E-state index in [2.05, 4.69) is 6.92 Å². The number of Topliss-reactive ketones (excluding diaryl/α,β-unsaturated/α-hetero) is 1. The topological polar surface area (TPSA) is 43.4 Å². The quantitative estimate of drug-likeness (QED) is 0.573. The van der Waals surface area contributed by atoms with Gasteiger partial charge in [0, 0.05) is 11.8 Å². The summed E-state index contributed by atoms with van der Waals surface area (Å²) in [6.07, 6.45) is 12.5. The normalized spacial score (nSPS) is 35.6. The Morgan fingerprint density at radius 3 is 2.35 bits per heavy atom. The first kappa shape index (κ1) is 13.8. The molecule has 3 aliphatic rings. The molecule has 0 aromatic rings. The molecule has 3 rings (SSSR count). The summed E-state index contributed by atoms with van der Waals surface area (Å²) in [4.78, 5) is 24.3. The molecule has 0 radical (unpaired) electrons. The van der Waals surface area contributed by atoms with Gasteiger partial charge in [0.2, 0.25) is 0 Å². The molecule has 3 nitrogen and oxygen atoms in total. The van der Waals surface area contributed by atoms with Crippen molar-refractivity contribution in [2.45, 2.75) is 63.9 Å². The summed E-state index contributed by atoms with van der Waals surface area (Å²) in [5.74, 6) is -0.375. The lowest BCUT2D eigenvalue weighted by molar-refractivity contribution is -0.166. The molecule has 3 atom stereocenters. The lowest BCUT2D eigenvalue weighted by Gasteiger charge is -2.33. The predicted octanol–water partition coefficient (Wildman–Crippen LogP) is 3.42. The first-order valence-corrected chi connectivity index (χ1v) is 8.04. The highest BCUT2D eigenvalue weighted by atomic mass is 16.6. The van der Waals surface area contributed by atoms with Gasteiger partial charge in [-0.25, -0.2) is 0 Å². The van der Waals surface area contributed by atoms with Gasteiger partial charge in [0.05, 0.1) is 5.92 Å². The summed E-state index contributed by atoms with van der Waals surface area (Å²) in [7, 11) is 0. The Morgan fingerprint density at radius 2 is 1.80 bits per heavy atom. The third kappa shape index (κ3) is 2.55. The fourth-order valence-corrected chi connectivity index (χ4v) is 3.95. The summed E-state index contributed by atoms with van der Waals surface area (Å²) < 4.78 is 5.87. The Morgan fingerprint density at radius 1 is 1.15 bits per heavy atom. The Kier molecular flexibility index (Phi) is 3.70. The summed E-state index contributed by atoms with van der Waals surface area (Å²) in [6.45, 7) is 2.07.